The Bertz CT molecular complexity index is 171. The van der Waals surface area contributed by atoms with Gasteiger partial charge in [-0.3, -0.25) is 4.90 Å². The first-order valence-electron chi connectivity index (χ1n) is 5.53. The van der Waals surface area contributed by atoms with Crippen LogP contribution in [0.2, 0.25) is 0 Å². The molecule has 0 saturated carbocycles. The third kappa shape index (κ3) is 3.23. The number of methoxy groups -OCH3 is 1. The Morgan fingerprint density at radius 3 is 2.86 bits per heavy atom. The van der Waals surface area contributed by atoms with Crippen LogP contribution in [0.5, 0.6) is 0 Å². The number of nitrogens with zero attached hydrogens (tertiary/aromatic N) is 1. The lowest BCUT2D eigenvalue weighted by Gasteiger charge is -2.45. The molecule has 0 aliphatic carbocycles. The third-order valence-electron chi connectivity index (χ3n) is 3.01. The van der Waals surface area contributed by atoms with Gasteiger partial charge in [0.15, 0.2) is 0 Å². The van der Waals surface area contributed by atoms with Gasteiger partial charge in [0.1, 0.15) is 0 Å². The molecule has 0 unspecified atom stereocenters. The molecule has 1 N–H and O–H groups in total. The van der Waals surface area contributed by atoms with Crippen LogP contribution < -0.4 is 5.32 Å². The number of nitrogens with one attached hydrogen (secondary N) is 1. The molecule has 0 aromatic rings. The third-order valence-corrected chi connectivity index (χ3v) is 3.01. The van der Waals surface area contributed by atoms with Crippen LogP contribution in [0.1, 0.15) is 27.2 Å². The van der Waals surface area contributed by atoms with E-state index < -0.39 is 0 Å². The fraction of sp³-hybridized carbons (Fsp3) is 1.00. The van der Waals surface area contributed by atoms with E-state index in [1.165, 1.54) is 0 Å². The van der Waals surface area contributed by atoms with Gasteiger partial charge in [0, 0.05) is 44.9 Å². The summed E-state index contributed by atoms with van der Waals surface area (Å²) < 4.78 is 5.09. The average molecular weight is 200 g/mol. The van der Waals surface area contributed by atoms with Gasteiger partial charge < -0.3 is 10.1 Å². The molecule has 0 radical (unpaired) electrons. The zero-order chi connectivity index (χ0) is 10.6. The molecule has 1 aliphatic rings. The second-order valence-electron chi connectivity index (χ2n) is 4.89. The van der Waals surface area contributed by atoms with Crippen LogP contribution in [-0.2, 0) is 4.74 Å². The van der Waals surface area contributed by atoms with Gasteiger partial charge in [-0.1, -0.05) is 0 Å². The molecule has 0 amide bonds. The lowest BCUT2D eigenvalue weighted by molar-refractivity contribution is 0.0600. The highest BCUT2D eigenvalue weighted by Gasteiger charge is 2.31. The molecule has 84 valence electrons. The Morgan fingerprint density at radius 1 is 1.50 bits per heavy atom. The lowest BCUT2D eigenvalue weighted by atomic mass is 9.97. The first-order chi connectivity index (χ1) is 6.56. The maximum absolute atomic E-state index is 5.09. The van der Waals surface area contributed by atoms with Crippen molar-refractivity contribution in [2.75, 3.05) is 33.4 Å². The van der Waals surface area contributed by atoms with E-state index >= 15 is 0 Å². The number of hydrogen-bond acceptors (Lipinski definition) is 3. The topological polar surface area (TPSA) is 24.5 Å². The molecule has 1 saturated heterocycles. The van der Waals surface area contributed by atoms with Crippen LogP contribution in [0, 0.1) is 0 Å². The minimum atomic E-state index is 0.292. The molecule has 1 rings (SSSR count). The van der Waals surface area contributed by atoms with Crippen molar-refractivity contribution in [1.82, 2.24) is 10.2 Å². The number of hydrogen-bond donors (Lipinski definition) is 1. The quantitative estimate of drug-likeness (QED) is 0.688. The van der Waals surface area contributed by atoms with E-state index in [-0.39, 0.29) is 0 Å². The second-order valence-corrected chi connectivity index (χ2v) is 4.89. The zero-order valence-electron chi connectivity index (χ0n) is 9.97. The highest BCUT2D eigenvalue weighted by atomic mass is 16.5. The Morgan fingerprint density at radius 2 is 2.21 bits per heavy atom. The Labute approximate surface area is 87.8 Å². The summed E-state index contributed by atoms with van der Waals surface area (Å²) in [7, 11) is 1.77. The highest BCUT2D eigenvalue weighted by Crippen LogP contribution is 2.18. The molecule has 3 nitrogen and oxygen atoms in total. The van der Waals surface area contributed by atoms with Gasteiger partial charge in [-0.2, -0.15) is 0 Å². The van der Waals surface area contributed by atoms with Crippen molar-refractivity contribution >= 4 is 0 Å². The maximum atomic E-state index is 5.09. The van der Waals surface area contributed by atoms with E-state index in [1.54, 1.807) is 7.11 Å². The van der Waals surface area contributed by atoms with Crippen molar-refractivity contribution in [2.45, 2.75) is 38.8 Å². The smallest absolute Gasteiger partial charge is 0.0474 e. The molecule has 1 heterocycles. The molecule has 0 aromatic carbocycles. The fourth-order valence-electron chi connectivity index (χ4n) is 1.97. The van der Waals surface area contributed by atoms with E-state index in [1.807, 2.05) is 0 Å². The van der Waals surface area contributed by atoms with Crippen molar-refractivity contribution < 1.29 is 4.74 Å². The Balaban J connectivity index is 2.38. The lowest BCUT2D eigenvalue weighted by Crippen LogP contribution is -2.61. The SMILES string of the molecule is COCCCN1C[C@H](C)NCC1(C)C. The molecule has 1 fully saturated rings. The first kappa shape index (κ1) is 12.0. The molecule has 1 atom stereocenters. The van der Waals surface area contributed by atoms with Crippen molar-refractivity contribution in [1.29, 1.82) is 0 Å². The van der Waals surface area contributed by atoms with Crippen LogP contribution in [0.3, 0.4) is 0 Å². The summed E-state index contributed by atoms with van der Waals surface area (Å²) in [6.07, 6.45) is 1.13. The van der Waals surface area contributed by atoms with Gasteiger partial charge in [0.25, 0.3) is 0 Å². The van der Waals surface area contributed by atoms with Gasteiger partial charge in [0.05, 0.1) is 0 Å². The van der Waals surface area contributed by atoms with Gasteiger partial charge in [-0.05, 0) is 27.2 Å². The van der Waals surface area contributed by atoms with Gasteiger partial charge in [-0.15, -0.1) is 0 Å². The highest BCUT2D eigenvalue weighted by molar-refractivity contribution is 4.91. The standard InChI is InChI=1S/C11H24N2O/c1-10-8-13(6-5-7-14-4)11(2,3)9-12-10/h10,12H,5-9H2,1-4H3/t10-/m0/s1. The van der Waals surface area contributed by atoms with Crippen LogP contribution in [0.25, 0.3) is 0 Å². The van der Waals surface area contributed by atoms with Crippen LogP contribution in [0.15, 0.2) is 0 Å². The summed E-state index contributed by atoms with van der Waals surface area (Å²) in [6.45, 7) is 11.1. The largest absolute Gasteiger partial charge is 0.385 e. The summed E-state index contributed by atoms with van der Waals surface area (Å²) >= 11 is 0. The predicted octanol–water partition coefficient (Wildman–Crippen LogP) is 1.10. The van der Waals surface area contributed by atoms with Gasteiger partial charge in [-0.25, -0.2) is 0 Å². The van der Waals surface area contributed by atoms with Crippen LogP contribution in [-0.4, -0.2) is 49.8 Å². The minimum absolute atomic E-state index is 0.292. The van der Waals surface area contributed by atoms with E-state index in [0.717, 1.165) is 32.7 Å². The van der Waals surface area contributed by atoms with Gasteiger partial charge >= 0.3 is 0 Å². The molecule has 3 heteroatoms. The van der Waals surface area contributed by atoms with E-state index in [0.29, 0.717) is 11.6 Å². The molecule has 0 bridgehead atoms. The minimum Gasteiger partial charge on any atom is -0.385 e. The van der Waals surface area contributed by atoms with E-state index in [9.17, 15) is 0 Å². The summed E-state index contributed by atoms with van der Waals surface area (Å²) in [4.78, 5) is 2.56. The summed E-state index contributed by atoms with van der Waals surface area (Å²) in [5.41, 5.74) is 0.292. The first-order valence-corrected chi connectivity index (χ1v) is 5.53. The second kappa shape index (κ2) is 5.10. The Kier molecular flexibility index (Phi) is 4.35. The molecule has 14 heavy (non-hydrogen) atoms. The van der Waals surface area contributed by atoms with E-state index in [4.69, 9.17) is 4.74 Å². The number of rotatable bonds is 4. The summed E-state index contributed by atoms with van der Waals surface area (Å²) in [5.74, 6) is 0. The van der Waals surface area contributed by atoms with Crippen molar-refractivity contribution in [3.63, 3.8) is 0 Å². The molecule has 1 aliphatic heterocycles. The summed E-state index contributed by atoms with van der Waals surface area (Å²) in [6, 6.07) is 0.616. The molecule has 0 spiro atoms. The van der Waals surface area contributed by atoms with Crippen molar-refractivity contribution in [3.8, 4) is 0 Å². The van der Waals surface area contributed by atoms with Crippen LogP contribution in [0.4, 0.5) is 0 Å². The molecular formula is C11H24N2O. The maximum Gasteiger partial charge on any atom is 0.0474 e. The molecule has 0 aromatic heterocycles. The Hall–Kier alpha value is -0.120. The number of piperazine rings is 1. The predicted molar refractivity (Wildman–Crippen MR) is 59.6 cm³/mol. The summed E-state index contributed by atoms with van der Waals surface area (Å²) in [5, 5.41) is 3.52. The van der Waals surface area contributed by atoms with E-state index in [2.05, 4.69) is 31.0 Å². The van der Waals surface area contributed by atoms with Crippen molar-refractivity contribution in [2.24, 2.45) is 0 Å². The average Bonchev–Trinajstić information content (AvgIpc) is 2.12. The van der Waals surface area contributed by atoms with Gasteiger partial charge in [0.2, 0.25) is 0 Å². The molecular weight excluding hydrogens is 176 g/mol. The number of ether oxygens (including phenoxy) is 1. The van der Waals surface area contributed by atoms with Crippen LogP contribution >= 0.6 is 0 Å². The fourth-order valence-corrected chi connectivity index (χ4v) is 1.97. The monoisotopic (exact) mass is 200 g/mol. The van der Waals surface area contributed by atoms with Crippen molar-refractivity contribution in [3.05, 3.63) is 0 Å². The normalized spacial score (nSPS) is 27.9. The zero-order valence-corrected chi connectivity index (χ0v) is 9.97.